The maximum atomic E-state index is 13.9. The summed E-state index contributed by atoms with van der Waals surface area (Å²) in [7, 11) is 0. The largest absolute Gasteiger partial charge is 0.494 e. The highest BCUT2D eigenvalue weighted by molar-refractivity contribution is 6.01. The molecule has 0 saturated carbocycles. The summed E-state index contributed by atoms with van der Waals surface area (Å²) in [6, 6.07) is 31.1. The first-order valence-electron chi connectivity index (χ1n) is 37.8. The van der Waals surface area contributed by atoms with E-state index in [0.717, 1.165) is 121 Å². The summed E-state index contributed by atoms with van der Waals surface area (Å²) >= 11 is 0. The summed E-state index contributed by atoms with van der Waals surface area (Å²) in [6.45, 7) is 16.5. The molecule has 6 aromatic carbocycles. The van der Waals surface area contributed by atoms with E-state index in [1.807, 2.05) is 0 Å². The van der Waals surface area contributed by atoms with Crippen molar-refractivity contribution in [3.63, 3.8) is 0 Å². The van der Waals surface area contributed by atoms with Crippen molar-refractivity contribution in [3.8, 4) is 46.0 Å². The lowest BCUT2D eigenvalue weighted by atomic mass is 9.99. The van der Waals surface area contributed by atoms with Gasteiger partial charge in [-0.25, -0.2) is 38.4 Å². The number of aryl methyl sites for hydroxylation is 2. The molecule has 24 heteroatoms. The second kappa shape index (κ2) is 50.7. The van der Waals surface area contributed by atoms with Gasteiger partial charge in [0, 0.05) is 24.3 Å². The lowest BCUT2D eigenvalue weighted by Gasteiger charge is -2.16. The highest BCUT2D eigenvalue weighted by Gasteiger charge is 2.25. The van der Waals surface area contributed by atoms with Crippen LogP contribution in [0, 0.1) is 0 Å². The number of carbonyl (C=O) groups is 10. The molecule has 0 atom stereocenters. The molecule has 0 radical (unpaired) electrons. The zero-order chi connectivity index (χ0) is 79.8. The molecular formula is C87H102N2O22. The van der Waals surface area contributed by atoms with Gasteiger partial charge in [-0.2, -0.15) is 0 Å². The predicted octanol–water partition coefficient (Wildman–Crippen LogP) is 16.0. The molecule has 6 aromatic rings. The molecule has 0 bridgehead atoms. The lowest BCUT2D eigenvalue weighted by molar-refractivity contribution is -0.138. The molecule has 0 aliphatic heterocycles. The number of rotatable bonds is 56. The average molecular weight is 1530 g/mol. The Hall–Kier alpha value is -11.8. The second-order valence-corrected chi connectivity index (χ2v) is 25.8. The monoisotopic (exact) mass is 1530 g/mol. The Kier molecular flexibility index (Phi) is 40.3. The number of esters is 8. The van der Waals surface area contributed by atoms with E-state index in [-0.39, 0.29) is 69.2 Å². The molecule has 0 spiro atoms. The van der Waals surface area contributed by atoms with Gasteiger partial charge in [-0.05, 0) is 261 Å². The SMILES string of the molecule is C=CC(=O)OCCCCCCOc1ccc(C(=O)Oc2cc(CCCCCCCCCc3cc(OC(=O)c4ccc(OCCCCCCOC(=O)C=C)cc4)cc(C(N)=O)c3OC(=O)c3ccc(OCCCCCCOC(=O)C=C)cc3)c(OC(=O)c3ccc(OCCCCCCOC(=O)C=C)cc3)c(C(N)=O)c2)cc1. The summed E-state index contributed by atoms with van der Waals surface area (Å²) in [4.78, 5) is 127. The molecule has 24 nitrogen and oxygen atoms in total. The number of ether oxygens (including phenoxy) is 12. The Balaban J connectivity index is 1.10. The Bertz CT molecular complexity index is 3780. The fourth-order valence-corrected chi connectivity index (χ4v) is 11.2. The van der Waals surface area contributed by atoms with E-state index in [0.29, 0.717) is 138 Å². The Morgan fingerprint density at radius 3 is 0.712 bits per heavy atom. The smallest absolute Gasteiger partial charge is 0.343 e. The van der Waals surface area contributed by atoms with Gasteiger partial charge in [-0.15, -0.1) is 0 Å². The van der Waals surface area contributed by atoms with Crippen LogP contribution in [0.25, 0.3) is 0 Å². The Morgan fingerprint density at radius 1 is 0.261 bits per heavy atom. The summed E-state index contributed by atoms with van der Waals surface area (Å²) < 4.78 is 67.4. The molecular weight excluding hydrogens is 1420 g/mol. The Labute approximate surface area is 648 Å². The third-order valence-corrected chi connectivity index (χ3v) is 17.2. The molecule has 0 aromatic heterocycles. The number of hydrogen-bond acceptors (Lipinski definition) is 22. The molecule has 2 amide bonds. The number of amides is 2. The first-order valence-corrected chi connectivity index (χ1v) is 37.8. The van der Waals surface area contributed by atoms with Crippen LogP contribution in [0.5, 0.6) is 46.0 Å². The summed E-state index contributed by atoms with van der Waals surface area (Å²) in [5, 5.41) is 0. The molecule has 0 unspecified atom stereocenters. The van der Waals surface area contributed by atoms with E-state index in [1.165, 1.54) is 12.1 Å². The van der Waals surface area contributed by atoms with Gasteiger partial charge in [-0.1, -0.05) is 58.4 Å². The van der Waals surface area contributed by atoms with E-state index in [4.69, 9.17) is 68.3 Å². The van der Waals surface area contributed by atoms with Gasteiger partial charge < -0.3 is 68.3 Å². The van der Waals surface area contributed by atoms with Crippen molar-refractivity contribution in [1.82, 2.24) is 0 Å². The Morgan fingerprint density at radius 2 is 0.477 bits per heavy atom. The molecule has 0 aliphatic carbocycles. The fraction of sp³-hybridized carbons (Fsp3) is 0.379. The van der Waals surface area contributed by atoms with E-state index >= 15 is 0 Å². The fourth-order valence-electron chi connectivity index (χ4n) is 11.2. The number of carbonyl (C=O) groups excluding carboxylic acids is 10. The molecule has 6 rings (SSSR count). The van der Waals surface area contributed by atoms with Crippen molar-refractivity contribution >= 4 is 59.6 Å². The van der Waals surface area contributed by atoms with Gasteiger partial charge >= 0.3 is 47.8 Å². The first kappa shape index (κ1) is 88.1. The minimum Gasteiger partial charge on any atom is -0.494 e. The van der Waals surface area contributed by atoms with E-state index in [1.54, 1.807) is 109 Å². The van der Waals surface area contributed by atoms with Gasteiger partial charge in [0.15, 0.2) is 0 Å². The normalized spacial score (nSPS) is 10.7. The highest BCUT2D eigenvalue weighted by Crippen LogP contribution is 2.35. The van der Waals surface area contributed by atoms with Crippen LogP contribution in [-0.2, 0) is 51.0 Å². The molecule has 0 aliphatic rings. The summed E-state index contributed by atoms with van der Waals surface area (Å²) in [6.07, 6.45) is 22.4. The zero-order valence-electron chi connectivity index (χ0n) is 63.2. The standard InChI is InChI=1S/C87H102N2O22/c1-5-76(90)104-54-28-18-14-24-50-100-68-42-34-62(35-43-68)84(96)108-72-58-66(80(74(60-72)82(88)94)110-86(98)64-38-46-70(47-39-64)102-52-26-16-20-30-56-106-78(92)7-3)32-22-12-10-9-11-13-23-33-67-59-73(109-85(97)63-36-44-69(45-37-63)101-51-25-15-19-29-55-105-77(91)6-2)61-75(83(89)95)81(67)111-87(99)65-40-48-71(49-41-65)103-53-27-17-21-31-57-107-79(93)8-4/h5-8,34-49,58-61H,1-4,9-33,50-57H2,(H2,88,94)(H2,89,95). The number of primary amides is 2. The first-order chi connectivity index (χ1) is 53.9. The summed E-state index contributed by atoms with van der Waals surface area (Å²) in [5.41, 5.74) is 13.1. The van der Waals surface area contributed by atoms with Crippen LogP contribution >= 0.6 is 0 Å². The highest BCUT2D eigenvalue weighted by atomic mass is 16.6. The number of unbranched alkanes of at least 4 members (excludes halogenated alkanes) is 18. The molecule has 0 saturated heterocycles. The molecule has 0 fully saturated rings. The number of benzene rings is 6. The predicted molar refractivity (Wildman–Crippen MR) is 416 cm³/mol. The van der Waals surface area contributed by atoms with Crippen LogP contribution in [0.3, 0.4) is 0 Å². The maximum absolute atomic E-state index is 13.9. The molecule has 111 heavy (non-hydrogen) atoms. The van der Waals surface area contributed by atoms with Crippen molar-refractivity contribution in [3.05, 3.63) is 216 Å². The van der Waals surface area contributed by atoms with Crippen LogP contribution < -0.4 is 49.4 Å². The minimum absolute atomic E-state index is 0.00709. The third kappa shape index (κ3) is 33.7. The lowest BCUT2D eigenvalue weighted by Crippen LogP contribution is -2.18. The molecule has 592 valence electrons. The number of hydrogen-bond donors (Lipinski definition) is 2. The zero-order valence-corrected chi connectivity index (χ0v) is 63.2. The minimum atomic E-state index is -0.935. The van der Waals surface area contributed by atoms with Gasteiger partial charge in [0.1, 0.15) is 46.0 Å². The van der Waals surface area contributed by atoms with Gasteiger partial charge in [-0.3, -0.25) is 9.59 Å². The topological polar surface area (TPSA) is 333 Å². The van der Waals surface area contributed by atoms with Crippen LogP contribution in [0.1, 0.15) is 221 Å². The van der Waals surface area contributed by atoms with Crippen LogP contribution in [0.15, 0.2) is 172 Å². The van der Waals surface area contributed by atoms with Gasteiger partial charge in [0.05, 0.1) is 86.2 Å². The van der Waals surface area contributed by atoms with Crippen molar-refractivity contribution in [2.75, 3.05) is 52.9 Å². The van der Waals surface area contributed by atoms with E-state index in [9.17, 15) is 47.9 Å². The van der Waals surface area contributed by atoms with Crippen molar-refractivity contribution in [1.29, 1.82) is 0 Å². The molecule has 4 N–H and O–H groups in total. The van der Waals surface area contributed by atoms with Crippen molar-refractivity contribution in [2.24, 2.45) is 11.5 Å². The van der Waals surface area contributed by atoms with Crippen molar-refractivity contribution in [2.45, 2.75) is 161 Å². The second-order valence-electron chi connectivity index (χ2n) is 25.8. The van der Waals surface area contributed by atoms with E-state index < -0.39 is 59.6 Å². The average Bonchev–Trinajstić information content (AvgIpc) is 0.806. The van der Waals surface area contributed by atoms with Crippen molar-refractivity contribution < 1.29 is 105 Å². The van der Waals surface area contributed by atoms with Crippen LogP contribution in [0.2, 0.25) is 0 Å². The maximum Gasteiger partial charge on any atom is 0.343 e. The summed E-state index contributed by atoms with van der Waals surface area (Å²) in [5.74, 6) is -4.78. The van der Waals surface area contributed by atoms with E-state index in [2.05, 4.69) is 26.3 Å². The molecule has 0 heterocycles. The van der Waals surface area contributed by atoms with Crippen LogP contribution in [0.4, 0.5) is 0 Å². The quantitative estimate of drug-likeness (QED) is 0.0118. The number of nitrogens with two attached hydrogens (primary N) is 2. The van der Waals surface area contributed by atoms with Gasteiger partial charge in [0.2, 0.25) is 0 Å². The van der Waals surface area contributed by atoms with Crippen LogP contribution in [-0.4, -0.2) is 112 Å². The van der Waals surface area contributed by atoms with Gasteiger partial charge in [0.25, 0.3) is 11.8 Å². The third-order valence-electron chi connectivity index (χ3n) is 17.2.